The number of amides is 2. The van der Waals surface area contributed by atoms with Gasteiger partial charge in [0.1, 0.15) is 6.04 Å². The lowest BCUT2D eigenvalue weighted by Gasteiger charge is -2.18. The number of rotatable bonds is 10. The van der Waals surface area contributed by atoms with E-state index in [9.17, 15) is 14.4 Å². The van der Waals surface area contributed by atoms with Crippen molar-refractivity contribution >= 4 is 58.4 Å². The second-order valence-electron chi connectivity index (χ2n) is 7.88. The van der Waals surface area contributed by atoms with Gasteiger partial charge in [-0.2, -0.15) is 16.9 Å². The number of aryl methyl sites for hydroxylation is 1. The van der Waals surface area contributed by atoms with Gasteiger partial charge in [0, 0.05) is 5.02 Å². The van der Waals surface area contributed by atoms with Gasteiger partial charge in [-0.1, -0.05) is 41.4 Å². The zero-order chi connectivity index (χ0) is 26.2. The molecule has 1 atom stereocenters. The number of nitrogens with zero attached hydrogens (tertiary/aromatic N) is 2. The molecule has 1 heterocycles. The number of aromatic nitrogens is 2. The summed E-state index contributed by atoms with van der Waals surface area (Å²) in [6, 6.07) is 13.0. The first-order valence-corrected chi connectivity index (χ1v) is 13.2. The average molecular weight is 549 g/mol. The third-order valence-corrected chi connectivity index (χ3v) is 6.47. The Morgan fingerprint density at radius 2 is 1.83 bits per heavy atom. The molecule has 3 aromatic rings. The Morgan fingerprint density at radius 3 is 2.50 bits per heavy atom. The first kappa shape index (κ1) is 27.6. The Bertz CT molecular complexity index is 1250. The van der Waals surface area contributed by atoms with Gasteiger partial charge in [0.25, 0.3) is 11.8 Å². The van der Waals surface area contributed by atoms with Crippen molar-refractivity contribution in [1.82, 2.24) is 15.1 Å². The molecule has 8 nitrogen and oxygen atoms in total. The van der Waals surface area contributed by atoms with Crippen LogP contribution in [-0.2, 0) is 14.3 Å². The summed E-state index contributed by atoms with van der Waals surface area (Å²) in [6.07, 6.45) is 2.20. The van der Waals surface area contributed by atoms with E-state index in [1.165, 1.54) is 30.0 Å². The predicted molar refractivity (Wildman–Crippen MR) is 143 cm³/mol. The Kier molecular flexibility index (Phi) is 9.81. The molecule has 1 unspecified atom stereocenters. The van der Waals surface area contributed by atoms with E-state index in [1.54, 1.807) is 11.6 Å². The molecule has 0 saturated heterocycles. The Labute approximate surface area is 223 Å². The third-order valence-electron chi connectivity index (χ3n) is 5.28. The first-order chi connectivity index (χ1) is 17.2. The molecule has 0 spiro atoms. The maximum Gasteiger partial charge on any atom is 0.329 e. The van der Waals surface area contributed by atoms with Crippen LogP contribution in [0.25, 0.3) is 5.69 Å². The average Bonchev–Trinajstić information content (AvgIpc) is 3.13. The van der Waals surface area contributed by atoms with Gasteiger partial charge >= 0.3 is 5.97 Å². The SMILES string of the molecule is CSCCC(NC(=O)c1ccc(Cl)cc1Cl)C(=O)OCC(=O)Nc1c(C)nn(-c2ccccc2)c1C. The molecule has 2 amide bonds. The van der Waals surface area contributed by atoms with Crippen LogP contribution in [-0.4, -0.2) is 52.2 Å². The number of thioether (sulfide) groups is 1. The van der Waals surface area contributed by atoms with Crippen molar-refractivity contribution < 1.29 is 19.1 Å². The minimum atomic E-state index is -0.950. The lowest BCUT2D eigenvalue weighted by atomic mass is 10.1. The summed E-state index contributed by atoms with van der Waals surface area (Å²) in [5.41, 5.74) is 2.95. The number of para-hydroxylation sites is 1. The van der Waals surface area contributed by atoms with Crippen LogP contribution in [0.1, 0.15) is 28.2 Å². The molecule has 0 aliphatic carbocycles. The van der Waals surface area contributed by atoms with Crippen LogP contribution in [0.15, 0.2) is 48.5 Å². The van der Waals surface area contributed by atoms with Gasteiger partial charge in [0.05, 0.1) is 33.3 Å². The Balaban J connectivity index is 1.63. The largest absolute Gasteiger partial charge is 0.454 e. The number of esters is 1. The van der Waals surface area contributed by atoms with E-state index < -0.39 is 30.4 Å². The highest BCUT2D eigenvalue weighted by Crippen LogP contribution is 2.23. The highest BCUT2D eigenvalue weighted by molar-refractivity contribution is 7.98. The number of anilines is 1. The molecule has 0 fully saturated rings. The molecule has 3 rings (SSSR count). The van der Waals surface area contributed by atoms with E-state index in [1.807, 2.05) is 43.5 Å². The van der Waals surface area contributed by atoms with E-state index in [-0.39, 0.29) is 10.6 Å². The molecule has 0 aliphatic heterocycles. The second-order valence-corrected chi connectivity index (χ2v) is 9.71. The third kappa shape index (κ3) is 7.02. The van der Waals surface area contributed by atoms with E-state index in [0.29, 0.717) is 28.6 Å². The number of nitrogens with one attached hydrogen (secondary N) is 2. The smallest absolute Gasteiger partial charge is 0.329 e. The van der Waals surface area contributed by atoms with Crippen molar-refractivity contribution in [2.75, 3.05) is 23.9 Å². The quantitative estimate of drug-likeness (QED) is 0.352. The van der Waals surface area contributed by atoms with Crippen LogP contribution >= 0.6 is 35.0 Å². The molecule has 11 heteroatoms. The number of ether oxygens (including phenoxy) is 1. The van der Waals surface area contributed by atoms with E-state index >= 15 is 0 Å². The predicted octanol–water partition coefficient (Wildman–Crippen LogP) is 4.83. The summed E-state index contributed by atoms with van der Waals surface area (Å²) in [6.45, 7) is 3.11. The lowest BCUT2D eigenvalue weighted by molar-refractivity contribution is -0.149. The van der Waals surface area contributed by atoms with Crippen molar-refractivity contribution in [3.8, 4) is 5.69 Å². The summed E-state index contributed by atoms with van der Waals surface area (Å²) in [5, 5.41) is 10.5. The van der Waals surface area contributed by atoms with Gasteiger partial charge in [0.15, 0.2) is 6.61 Å². The first-order valence-electron chi connectivity index (χ1n) is 11.0. The lowest BCUT2D eigenvalue weighted by Crippen LogP contribution is -2.43. The minimum Gasteiger partial charge on any atom is -0.454 e. The summed E-state index contributed by atoms with van der Waals surface area (Å²) in [7, 11) is 0. The monoisotopic (exact) mass is 548 g/mol. The fourth-order valence-corrected chi connectivity index (χ4v) is 4.42. The molecule has 0 radical (unpaired) electrons. The van der Waals surface area contributed by atoms with Gasteiger partial charge in [-0.15, -0.1) is 0 Å². The van der Waals surface area contributed by atoms with Crippen LogP contribution in [0.5, 0.6) is 0 Å². The van der Waals surface area contributed by atoms with Crippen LogP contribution in [0.4, 0.5) is 5.69 Å². The van der Waals surface area contributed by atoms with Gasteiger partial charge in [-0.05, 0) is 62.6 Å². The molecule has 36 heavy (non-hydrogen) atoms. The molecular weight excluding hydrogens is 523 g/mol. The zero-order valence-electron chi connectivity index (χ0n) is 20.0. The fraction of sp³-hybridized carbons (Fsp3) is 0.280. The molecular formula is C25H26Cl2N4O4S. The van der Waals surface area contributed by atoms with Crippen molar-refractivity contribution in [2.24, 2.45) is 0 Å². The molecule has 2 aromatic carbocycles. The molecule has 2 N–H and O–H groups in total. The highest BCUT2D eigenvalue weighted by atomic mass is 35.5. The maximum atomic E-state index is 12.7. The summed E-state index contributed by atoms with van der Waals surface area (Å²) >= 11 is 13.5. The van der Waals surface area contributed by atoms with Gasteiger partial charge in [-0.25, -0.2) is 9.48 Å². The van der Waals surface area contributed by atoms with Gasteiger partial charge in [-0.3, -0.25) is 9.59 Å². The number of carbonyl (C=O) groups is 3. The molecule has 0 saturated carbocycles. The molecule has 0 bridgehead atoms. The van der Waals surface area contributed by atoms with Crippen molar-refractivity contribution in [3.63, 3.8) is 0 Å². The number of hydrogen-bond acceptors (Lipinski definition) is 6. The van der Waals surface area contributed by atoms with Crippen LogP contribution in [0, 0.1) is 13.8 Å². The van der Waals surface area contributed by atoms with Crippen LogP contribution in [0.3, 0.4) is 0 Å². The van der Waals surface area contributed by atoms with Crippen LogP contribution in [0.2, 0.25) is 10.0 Å². The maximum absolute atomic E-state index is 12.7. The minimum absolute atomic E-state index is 0.165. The zero-order valence-corrected chi connectivity index (χ0v) is 22.3. The standard InChI is InChI=1S/C25H26Cl2N4O4S/c1-15-23(16(2)31(30-15)18-7-5-4-6-8-18)29-22(32)14-35-25(34)21(11-12-36-3)28-24(33)19-10-9-17(26)13-20(19)27/h4-10,13,21H,11-12,14H2,1-3H3,(H,28,33)(H,29,32). The van der Waals surface area contributed by atoms with Crippen molar-refractivity contribution in [3.05, 3.63) is 75.5 Å². The van der Waals surface area contributed by atoms with Gasteiger partial charge < -0.3 is 15.4 Å². The molecule has 190 valence electrons. The van der Waals surface area contributed by atoms with Gasteiger partial charge in [0.2, 0.25) is 0 Å². The van der Waals surface area contributed by atoms with Crippen molar-refractivity contribution in [2.45, 2.75) is 26.3 Å². The number of carbonyl (C=O) groups excluding carboxylic acids is 3. The number of hydrogen-bond donors (Lipinski definition) is 2. The van der Waals surface area contributed by atoms with E-state index in [0.717, 1.165) is 11.4 Å². The van der Waals surface area contributed by atoms with Crippen molar-refractivity contribution in [1.29, 1.82) is 0 Å². The summed E-state index contributed by atoms with van der Waals surface area (Å²) in [4.78, 5) is 38.0. The second kappa shape index (κ2) is 12.8. The normalized spacial score (nSPS) is 11.6. The summed E-state index contributed by atoms with van der Waals surface area (Å²) < 4.78 is 6.97. The van der Waals surface area contributed by atoms with E-state index in [2.05, 4.69) is 15.7 Å². The molecule has 0 aliphatic rings. The Hall–Kier alpha value is -3.01. The fourth-order valence-electron chi connectivity index (χ4n) is 3.45. The summed E-state index contributed by atoms with van der Waals surface area (Å²) in [5.74, 6) is -1.18. The van der Waals surface area contributed by atoms with E-state index in [4.69, 9.17) is 27.9 Å². The Morgan fingerprint density at radius 1 is 1.11 bits per heavy atom. The number of benzene rings is 2. The topological polar surface area (TPSA) is 102 Å². The molecule has 1 aromatic heterocycles. The van der Waals surface area contributed by atoms with Crippen LogP contribution < -0.4 is 10.6 Å². The number of halogens is 2. The highest BCUT2D eigenvalue weighted by Gasteiger charge is 2.25.